The number of rotatable bonds is 2. The van der Waals surface area contributed by atoms with Gasteiger partial charge in [-0.05, 0) is 18.2 Å². The topological polar surface area (TPSA) is 51.8 Å². The molecule has 0 fully saturated rings. The van der Waals surface area contributed by atoms with Crippen LogP contribution in [0.3, 0.4) is 0 Å². The smallest absolute Gasteiger partial charge is 0.258 e. The molecular formula is C13H6Cl3N3O. The van der Waals surface area contributed by atoms with Crippen LogP contribution in [0.5, 0.6) is 0 Å². The Bertz CT molecular complexity index is 753. The third-order valence-electron chi connectivity index (χ3n) is 2.57. The zero-order valence-corrected chi connectivity index (χ0v) is 12.1. The van der Waals surface area contributed by atoms with Crippen LogP contribution in [-0.4, -0.2) is 15.1 Å². The van der Waals surface area contributed by atoms with Gasteiger partial charge in [-0.2, -0.15) is 4.98 Å². The van der Waals surface area contributed by atoms with E-state index in [1.54, 1.807) is 18.2 Å². The molecule has 0 unspecified atom stereocenters. The molecule has 100 valence electrons. The van der Waals surface area contributed by atoms with Crippen LogP contribution in [0.25, 0.3) is 22.8 Å². The molecule has 0 amide bonds. The van der Waals surface area contributed by atoms with E-state index in [-0.39, 0.29) is 0 Å². The van der Waals surface area contributed by atoms with Gasteiger partial charge in [0.05, 0.1) is 15.6 Å². The van der Waals surface area contributed by atoms with Crippen LogP contribution < -0.4 is 0 Å². The van der Waals surface area contributed by atoms with E-state index < -0.39 is 0 Å². The van der Waals surface area contributed by atoms with Crippen molar-refractivity contribution in [1.29, 1.82) is 0 Å². The molecule has 0 saturated heterocycles. The Labute approximate surface area is 129 Å². The monoisotopic (exact) mass is 325 g/mol. The number of nitrogens with zero attached hydrogens (tertiary/aromatic N) is 3. The minimum absolute atomic E-state index is 0.303. The van der Waals surface area contributed by atoms with Crippen molar-refractivity contribution in [2.45, 2.75) is 0 Å². The standard InChI is InChI=1S/C13H6Cl3N3O/c14-8-3-1-2-7(4-8)13-18-12(19-20-13)11-9(15)5-17-6-10(11)16/h1-6H. The first kappa shape index (κ1) is 13.4. The quantitative estimate of drug-likeness (QED) is 0.681. The number of pyridine rings is 1. The summed E-state index contributed by atoms with van der Waals surface area (Å²) in [5.41, 5.74) is 1.21. The van der Waals surface area contributed by atoms with E-state index in [9.17, 15) is 0 Å². The van der Waals surface area contributed by atoms with Crippen LogP contribution >= 0.6 is 34.8 Å². The summed E-state index contributed by atoms with van der Waals surface area (Å²) in [4.78, 5) is 8.16. The van der Waals surface area contributed by atoms with E-state index in [2.05, 4.69) is 15.1 Å². The molecule has 20 heavy (non-hydrogen) atoms. The van der Waals surface area contributed by atoms with Gasteiger partial charge < -0.3 is 4.52 Å². The second kappa shape index (κ2) is 5.40. The lowest BCUT2D eigenvalue weighted by Gasteiger charge is -1.99. The van der Waals surface area contributed by atoms with Crippen LogP contribution in [0.2, 0.25) is 15.1 Å². The lowest BCUT2D eigenvalue weighted by molar-refractivity contribution is 0.432. The van der Waals surface area contributed by atoms with Crippen LogP contribution in [0.4, 0.5) is 0 Å². The first-order valence-corrected chi connectivity index (χ1v) is 6.67. The minimum atomic E-state index is 0.303. The van der Waals surface area contributed by atoms with E-state index in [0.29, 0.717) is 32.3 Å². The summed E-state index contributed by atoms with van der Waals surface area (Å²) in [6, 6.07) is 7.11. The molecule has 0 aliphatic rings. The van der Waals surface area contributed by atoms with Crippen molar-refractivity contribution in [3.8, 4) is 22.8 Å². The van der Waals surface area contributed by atoms with Crippen molar-refractivity contribution in [1.82, 2.24) is 15.1 Å². The van der Waals surface area contributed by atoms with E-state index >= 15 is 0 Å². The van der Waals surface area contributed by atoms with Crippen molar-refractivity contribution >= 4 is 34.8 Å². The normalized spacial score (nSPS) is 10.8. The number of hydrogen-bond donors (Lipinski definition) is 0. The van der Waals surface area contributed by atoms with Crippen LogP contribution in [0.1, 0.15) is 0 Å². The van der Waals surface area contributed by atoms with Crippen LogP contribution in [0, 0.1) is 0 Å². The van der Waals surface area contributed by atoms with Gasteiger partial charge in [-0.3, -0.25) is 4.98 Å². The van der Waals surface area contributed by atoms with Crippen molar-refractivity contribution in [2.75, 3.05) is 0 Å². The van der Waals surface area contributed by atoms with Gasteiger partial charge in [-0.1, -0.05) is 46.0 Å². The SMILES string of the molecule is Clc1cccc(-c2nc(-c3c(Cl)cncc3Cl)no2)c1. The van der Waals surface area contributed by atoms with E-state index in [4.69, 9.17) is 39.3 Å². The molecule has 0 saturated carbocycles. The first-order valence-electron chi connectivity index (χ1n) is 5.54. The maximum atomic E-state index is 6.05. The van der Waals surface area contributed by atoms with Crippen molar-refractivity contribution in [3.63, 3.8) is 0 Å². The molecule has 0 radical (unpaired) electrons. The zero-order chi connectivity index (χ0) is 14.1. The lowest BCUT2D eigenvalue weighted by atomic mass is 10.2. The largest absolute Gasteiger partial charge is 0.334 e. The summed E-state index contributed by atoms with van der Waals surface area (Å²) >= 11 is 18.0. The molecule has 3 aromatic rings. The average Bonchev–Trinajstić information content (AvgIpc) is 2.88. The van der Waals surface area contributed by atoms with Gasteiger partial charge >= 0.3 is 0 Å². The minimum Gasteiger partial charge on any atom is -0.334 e. The molecule has 2 heterocycles. The van der Waals surface area contributed by atoms with Gasteiger partial charge in [0.15, 0.2) is 0 Å². The van der Waals surface area contributed by atoms with Gasteiger partial charge in [0.25, 0.3) is 5.89 Å². The van der Waals surface area contributed by atoms with Crippen LogP contribution in [0.15, 0.2) is 41.2 Å². The maximum Gasteiger partial charge on any atom is 0.258 e. The number of aromatic nitrogens is 3. The van der Waals surface area contributed by atoms with Crippen LogP contribution in [-0.2, 0) is 0 Å². The van der Waals surface area contributed by atoms with Crippen molar-refractivity contribution in [3.05, 3.63) is 51.7 Å². The summed E-state index contributed by atoms with van der Waals surface area (Å²) in [5.74, 6) is 0.642. The average molecular weight is 327 g/mol. The second-order valence-electron chi connectivity index (χ2n) is 3.91. The highest BCUT2D eigenvalue weighted by atomic mass is 35.5. The van der Waals surface area contributed by atoms with Gasteiger partial charge in [-0.15, -0.1) is 0 Å². The fourth-order valence-electron chi connectivity index (χ4n) is 1.69. The first-order chi connectivity index (χ1) is 9.65. The van der Waals surface area contributed by atoms with E-state index in [1.807, 2.05) is 6.07 Å². The molecule has 0 bridgehead atoms. The Balaban J connectivity index is 2.07. The molecular weight excluding hydrogens is 321 g/mol. The summed E-state index contributed by atoms with van der Waals surface area (Å²) in [5, 5.41) is 5.19. The van der Waals surface area contributed by atoms with E-state index in [1.165, 1.54) is 12.4 Å². The van der Waals surface area contributed by atoms with E-state index in [0.717, 1.165) is 5.56 Å². The van der Waals surface area contributed by atoms with Crippen molar-refractivity contribution < 1.29 is 4.52 Å². The number of hydrogen-bond acceptors (Lipinski definition) is 4. The molecule has 2 aromatic heterocycles. The molecule has 1 aromatic carbocycles. The third kappa shape index (κ3) is 2.50. The Morgan fingerprint density at radius 3 is 2.45 bits per heavy atom. The predicted molar refractivity (Wildman–Crippen MR) is 78.0 cm³/mol. The second-order valence-corrected chi connectivity index (χ2v) is 5.16. The fourth-order valence-corrected chi connectivity index (χ4v) is 2.41. The predicted octanol–water partition coefficient (Wildman–Crippen LogP) is 4.76. The fraction of sp³-hybridized carbons (Fsp3) is 0. The highest BCUT2D eigenvalue weighted by molar-refractivity contribution is 6.38. The summed E-state index contributed by atoms with van der Waals surface area (Å²) in [6.07, 6.45) is 2.94. The molecule has 7 heteroatoms. The molecule has 0 aliphatic carbocycles. The van der Waals surface area contributed by atoms with Gasteiger partial charge in [0.2, 0.25) is 5.82 Å². The van der Waals surface area contributed by atoms with Gasteiger partial charge in [0, 0.05) is 23.0 Å². The van der Waals surface area contributed by atoms with Crippen molar-refractivity contribution in [2.24, 2.45) is 0 Å². The Morgan fingerprint density at radius 1 is 1.00 bits per heavy atom. The Hall–Kier alpha value is -1.62. The molecule has 3 rings (SSSR count). The molecule has 0 spiro atoms. The lowest BCUT2D eigenvalue weighted by Crippen LogP contribution is -1.86. The highest BCUT2D eigenvalue weighted by Gasteiger charge is 2.16. The molecule has 0 atom stereocenters. The summed E-state index contributed by atoms with van der Waals surface area (Å²) < 4.78 is 5.21. The Kier molecular flexibility index (Phi) is 3.61. The molecule has 0 aliphatic heterocycles. The number of benzene rings is 1. The highest BCUT2D eigenvalue weighted by Crippen LogP contribution is 2.33. The van der Waals surface area contributed by atoms with Gasteiger partial charge in [0.1, 0.15) is 0 Å². The zero-order valence-electron chi connectivity index (χ0n) is 9.85. The Morgan fingerprint density at radius 2 is 1.75 bits per heavy atom. The summed E-state index contributed by atoms with van der Waals surface area (Å²) in [6.45, 7) is 0. The molecule has 4 nitrogen and oxygen atoms in total. The van der Waals surface area contributed by atoms with Gasteiger partial charge in [-0.25, -0.2) is 0 Å². The molecule has 0 N–H and O–H groups in total. The summed E-state index contributed by atoms with van der Waals surface area (Å²) in [7, 11) is 0. The maximum absolute atomic E-state index is 6.05. The third-order valence-corrected chi connectivity index (χ3v) is 3.38. The number of halogens is 3.